The molecule has 6 heteroatoms. The van der Waals surface area contributed by atoms with Crippen molar-refractivity contribution in [3.05, 3.63) is 35.5 Å². The zero-order valence-corrected chi connectivity index (χ0v) is 10.7. The van der Waals surface area contributed by atoms with Crippen molar-refractivity contribution in [2.45, 2.75) is 12.1 Å². The maximum atomic E-state index is 12.6. The SMILES string of the molecule is [2H]N(C([2H])([2H])[2H])S(=O)(=O)C([2H])([2H])c1ccc2c(c1)c(C([2H])([2H])C([2H])([2H])N(C([2H])([2H])[2H])C([2H])([2H])[2H])cn2[2H]. The van der Waals surface area contributed by atoms with Crippen LogP contribution in [-0.4, -0.2) is 45.7 Å². The number of sulfonamides is 1. The Morgan fingerprint density at radius 3 is 3.15 bits per heavy atom. The largest absolute Gasteiger partial charge is 0.361 e. The number of nitrogens with zero attached hydrogens (tertiary/aromatic N) is 1. The van der Waals surface area contributed by atoms with Crippen LogP contribution in [-0.2, 0) is 22.1 Å². The number of benzene rings is 1. The van der Waals surface area contributed by atoms with Gasteiger partial charge in [-0.1, -0.05) is 6.07 Å². The molecule has 1 aromatic carbocycles. The Bertz CT molecular complexity index is 1260. The van der Waals surface area contributed by atoms with E-state index in [9.17, 15) is 8.42 Å². The van der Waals surface area contributed by atoms with Crippen LogP contribution < -0.4 is 4.72 Å². The second kappa shape index (κ2) is 5.95. The van der Waals surface area contributed by atoms with E-state index >= 15 is 0 Å². The molecule has 0 radical (unpaired) electrons. The molecule has 0 saturated carbocycles. The molecule has 2 rings (SSSR count). The van der Waals surface area contributed by atoms with Gasteiger partial charge >= 0.3 is 0 Å². The van der Waals surface area contributed by atoms with E-state index in [1.54, 1.807) is 0 Å². The van der Waals surface area contributed by atoms with Gasteiger partial charge in [-0.2, -0.15) is 0 Å². The molecule has 2 N–H and O–H groups in total. The van der Waals surface area contributed by atoms with E-state index < -0.39 is 75.7 Å². The van der Waals surface area contributed by atoms with Crippen LogP contribution in [0.3, 0.4) is 0 Å². The van der Waals surface area contributed by atoms with Gasteiger partial charge in [-0.3, -0.25) is 0 Å². The molecule has 0 spiro atoms. The van der Waals surface area contributed by atoms with Crippen molar-refractivity contribution in [1.82, 2.24) is 14.6 Å². The summed E-state index contributed by atoms with van der Waals surface area (Å²) in [6, 6.07) is 2.43. The molecule has 110 valence electrons. The van der Waals surface area contributed by atoms with Crippen molar-refractivity contribution >= 4 is 20.9 Å². The molecule has 0 bridgehead atoms. The Morgan fingerprint density at radius 2 is 2.40 bits per heavy atom. The van der Waals surface area contributed by atoms with Crippen molar-refractivity contribution in [1.29, 1.82) is 0 Å². The lowest BCUT2D eigenvalue weighted by atomic mass is 10.1. The maximum Gasteiger partial charge on any atom is 0.215 e. The summed E-state index contributed by atoms with van der Waals surface area (Å²) in [6.07, 6.45) is -2.84. The van der Waals surface area contributed by atoms with Crippen LogP contribution in [0.4, 0.5) is 0 Å². The van der Waals surface area contributed by atoms with Crippen molar-refractivity contribution in [3.8, 4) is 0 Å². The van der Waals surface area contributed by atoms with Gasteiger partial charge in [0.25, 0.3) is 0 Å². The van der Waals surface area contributed by atoms with Crippen LogP contribution in [0.15, 0.2) is 24.4 Å². The lowest BCUT2D eigenvalue weighted by Gasteiger charge is -2.08. The van der Waals surface area contributed by atoms with E-state index in [0.717, 1.165) is 12.1 Å². The minimum atomic E-state index is -5.55. The van der Waals surface area contributed by atoms with E-state index in [-0.39, 0.29) is 5.52 Å². The molecule has 0 unspecified atom stereocenters. The second-order valence-corrected chi connectivity index (χ2v) is 4.98. The molecule has 5 nitrogen and oxygen atoms in total. The molecular weight excluding hydrogens is 274 g/mol. The third kappa shape index (κ3) is 3.59. The Morgan fingerprint density at radius 1 is 1.55 bits per heavy atom. The minimum Gasteiger partial charge on any atom is -0.361 e. The average Bonchev–Trinajstić information content (AvgIpc) is 3.00. The summed E-state index contributed by atoms with van der Waals surface area (Å²) in [5, 5.41) is -0.498. The second-order valence-electron chi connectivity index (χ2n) is 3.64. The predicted molar refractivity (Wildman–Crippen MR) is 82.2 cm³/mol. The standard InChI is InChI=1S/C14H21N3O2S/c1-15-20(18,19)10-11-4-5-14-13(8-11)12(9-16-14)6-7-17(2)3/h4-5,8-9,15-16H,6-7,10H2,1-3H3/i1D3,2D3,3D3,6D2,7D2,10D2/hD2. The first kappa shape index (κ1) is 4.32. The summed E-state index contributed by atoms with van der Waals surface area (Å²) in [7, 11) is -5.55. The molecule has 0 saturated heterocycles. The Hall–Kier alpha value is -1.37. The number of nitrogens with one attached hydrogen (secondary N) is 2. The molecule has 1 aromatic heterocycles. The molecule has 1 heterocycles. The Kier molecular flexibility index (Phi) is 1.28. The van der Waals surface area contributed by atoms with Crippen LogP contribution in [0.2, 0.25) is 2.82 Å². The normalized spacial score (nSPS) is 29.2. The average molecular weight is 313 g/mol. The topological polar surface area (TPSA) is 65.2 Å². The number of H-pyrrole nitrogens is 1. The highest BCUT2D eigenvalue weighted by molar-refractivity contribution is 7.88. The van der Waals surface area contributed by atoms with Gasteiger partial charge in [0, 0.05) is 44.2 Å². The van der Waals surface area contributed by atoms with Gasteiger partial charge in [0.1, 0.15) is 1.41 Å². The van der Waals surface area contributed by atoms with Gasteiger partial charge < -0.3 is 9.88 Å². The Labute approximate surface area is 144 Å². The fourth-order valence-corrected chi connectivity index (χ4v) is 1.99. The van der Waals surface area contributed by atoms with Gasteiger partial charge in [-0.25, -0.2) is 13.1 Å². The number of hydrogen-bond donors (Lipinski definition) is 2. The molecule has 0 atom stereocenters. The monoisotopic (exact) mass is 312 g/mol. The van der Waals surface area contributed by atoms with E-state index in [1.165, 1.54) is 0 Å². The number of hydrogen-bond acceptors (Lipinski definition) is 3. The minimum absolute atomic E-state index is 0.237. The van der Waals surface area contributed by atoms with Gasteiger partial charge in [0.15, 0.2) is 1.41 Å². The summed E-state index contributed by atoms with van der Waals surface area (Å²) in [6.45, 7) is -14.7. The van der Waals surface area contributed by atoms with E-state index in [0.29, 0.717) is 17.2 Å². The third-order valence-corrected chi connectivity index (χ3v) is 3.02. The molecular formula is C14H21N3O2S. The highest BCUT2D eigenvalue weighted by Gasteiger charge is 2.11. The molecule has 0 aliphatic rings. The third-order valence-electron chi connectivity index (χ3n) is 2.29. The zero-order valence-electron chi connectivity index (χ0n) is 26.9. The number of fused-ring (bicyclic) bond motifs is 1. The van der Waals surface area contributed by atoms with Crippen LogP contribution in [0, 0.1) is 0 Å². The van der Waals surface area contributed by atoms with Gasteiger partial charge in [0.2, 0.25) is 10.0 Å². The molecule has 2 aromatic rings. The maximum absolute atomic E-state index is 12.6. The number of rotatable bonds is 6. The Balaban J connectivity index is 2.83. The molecule has 0 amide bonds. The number of likely N-dealkylation sites (N-methyl/N-ethyl adjacent to an activating group) is 1. The lowest BCUT2D eigenvalue weighted by molar-refractivity contribution is 0.414. The van der Waals surface area contributed by atoms with E-state index in [1.807, 2.05) is 0 Å². The van der Waals surface area contributed by atoms with E-state index in [2.05, 4.69) is 0 Å². The molecule has 0 fully saturated rings. The van der Waals surface area contributed by atoms with Crippen LogP contribution >= 0.6 is 0 Å². The van der Waals surface area contributed by atoms with Gasteiger partial charge in [-0.15, -0.1) is 0 Å². The summed E-state index contributed by atoms with van der Waals surface area (Å²) in [5.41, 5.74) is -5.48. The fourth-order valence-electron chi connectivity index (χ4n) is 1.52. The smallest absolute Gasteiger partial charge is 0.215 e. The van der Waals surface area contributed by atoms with Gasteiger partial charge in [0.05, 0.1) is 5.70 Å². The van der Waals surface area contributed by atoms with Crippen LogP contribution in [0.5, 0.6) is 0 Å². The van der Waals surface area contributed by atoms with Gasteiger partial charge in [-0.05, 0) is 50.6 Å². The molecule has 0 aliphatic heterocycles. The first-order valence-corrected chi connectivity index (χ1v) is 6.56. The van der Waals surface area contributed by atoms with Crippen LogP contribution in [0.25, 0.3) is 10.9 Å². The van der Waals surface area contributed by atoms with Crippen LogP contribution in [0.1, 0.15) is 31.7 Å². The fraction of sp³-hybridized carbons (Fsp3) is 0.429. The highest BCUT2D eigenvalue weighted by atomic mass is 32.2. The number of aryl methyl sites for hydroxylation is 1. The number of aromatic amines is 1. The van der Waals surface area contributed by atoms with Crippen molar-refractivity contribution in [2.75, 3.05) is 27.4 Å². The number of aromatic nitrogens is 1. The van der Waals surface area contributed by atoms with Crippen molar-refractivity contribution in [2.24, 2.45) is 0 Å². The highest BCUT2D eigenvalue weighted by Crippen LogP contribution is 2.21. The molecule has 20 heavy (non-hydrogen) atoms. The lowest BCUT2D eigenvalue weighted by Crippen LogP contribution is -2.20. The first-order valence-electron chi connectivity index (χ1n) is 13.5. The molecule has 0 aliphatic carbocycles. The zero-order chi connectivity index (χ0) is 29.4. The summed E-state index contributed by atoms with van der Waals surface area (Å²) in [4.78, 5) is -0.150. The predicted octanol–water partition coefficient (Wildman–Crippen LogP) is 1.32. The van der Waals surface area contributed by atoms with Crippen molar-refractivity contribution < 1.29 is 31.8 Å². The summed E-state index contributed by atoms with van der Waals surface area (Å²) < 4.78 is 155. The first-order chi connectivity index (χ1) is 16.1. The van der Waals surface area contributed by atoms with E-state index in [4.69, 9.17) is 23.4 Å². The summed E-state index contributed by atoms with van der Waals surface area (Å²) in [5.74, 6) is 0. The van der Waals surface area contributed by atoms with Crippen molar-refractivity contribution in [3.63, 3.8) is 0 Å². The quantitative estimate of drug-likeness (QED) is 0.845. The summed E-state index contributed by atoms with van der Waals surface area (Å²) >= 11 is 0.